The van der Waals surface area contributed by atoms with Crippen molar-refractivity contribution >= 4 is 22.6 Å². The van der Waals surface area contributed by atoms with Gasteiger partial charge in [0.15, 0.2) is 5.17 Å². The molecule has 2 nitrogen and oxygen atoms in total. The molecular formula is C13H17FN2S. The highest BCUT2D eigenvalue weighted by Crippen LogP contribution is 2.26. The summed E-state index contributed by atoms with van der Waals surface area (Å²) in [6.07, 6.45) is 2.33. The zero-order valence-electron chi connectivity index (χ0n) is 10.2. The topological polar surface area (TPSA) is 24.4 Å². The number of anilines is 1. The number of amidine groups is 1. The molecule has 1 aromatic rings. The van der Waals surface area contributed by atoms with E-state index in [0.717, 1.165) is 23.7 Å². The number of halogens is 1. The predicted octanol–water partition coefficient (Wildman–Crippen LogP) is 3.82. The van der Waals surface area contributed by atoms with E-state index in [1.165, 1.54) is 12.5 Å². The van der Waals surface area contributed by atoms with Crippen LogP contribution in [0.4, 0.5) is 10.1 Å². The van der Waals surface area contributed by atoms with Gasteiger partial charge >= 0.3 is 0 Å². The molecule has 92 valence electrons. The molecule has 1 atom stereocenters. The highest BCUT2D eigenvalue weighted by Gasteiger charge is 2.19. The molecule has 1 unspecified atom stereocenters. The Morgan fingerprint density at radius 1 is 1.53 bits per heavy atom. The van der Waals surface area contributed by atoms with E-state index in [1.54, 1.807) is 17.8 Å². The molecule has 0 amide bonds. The average Bonchev–Trinajstić information content (AvgIpc) is 2.71. The Morgan fingerprint density at radius 3 is 3.06 bits per heavy atom. The number of thioether (sulfide) groups is 1. The third-order valence-corrected chi connectivity index (χ3v) is 3.87. The first-order valence-electron chi connectivity index (χ1n) is 5.93. The minimum atomic E-state index is -0.216. The lowest BCUT2D eigenvalue weighted by Crippen LogP contribution is -2.08. The lowest BCUT2D eigenvalue weighted by atomic mass is 10.2. The summed E-state index contributed by atoms with van der Waals surface area (Å²) in [4.78, 5) is 4.40. The number of nitrogens with zero attached hydrogens (tertiary/aromatic N) is 1. The molecule has 0 bridgehead atoms. The van der Waals surface area contributed by atoms with Crippen LogP contribution in [-0.2, 0) is 0 Å². The maximum Gasteiger partial charge on any atom is 0.161 e. The summed E-state index contributed by atoms with van der Waals surface area (Å²) in [6.45, 7) is 4.89. The minimum Gasteiger partial charge on any atom is -0.333 e. The van der Waals surface area contributed by atoms with Gasteiger partial charge in [0.05, 0.1) is 12.2 Å². The monoisotopic (exact) mass is 252 g/mol. The molecule has 1 N–H and O–H groups in total. The average molecular weight is 252 g/mol. The summed E-state index contributed by atoms with van der Waals surface area (Å²) in [5, 5.41) is 4.45. The summed E-state index contributed by atoms with van der Waals surface area (Å²) in [5.74, 6) is -0.216. The molecule has 1 aliphatic heterocycles. The molecule has 0 saturated heterocycles. The van der Waals surface area contributed by atoms with Crippen molar-refractivity contribution in [3.63, 3.8) is 0 Å². The van der Waals surface area contributed by atoms with Crippen LogP contribution in [0.3, 0.4) is 0 Å². The molecule has 0 saturated carbocycles. The fourth-order valence-electron chi connectivity index (χ4n) is 1.80. The van der Waals surface area contributed by atoms with Gasteiger partial charge in [-0.1, -0.05) is 31.2 Å². The maximum absolute atomic E-state index is 13.6. The third-order valence-electron chi connectivity index (χ3n) is 2.69. The van der Waals surface area contributed by atoms with Crippen molar-refractivity contribution in [2.45, 2.75) is 31.9 Å². The van der Waals surface area contributed by atoms with Gasteiger partial charge in [0.1, 0.15) is 5.82 Å². The van der Waals surface area contributed by atoms with E-state index in [9.17, 15) is 4.39 Å². The van der Waals surface area contributed by atoms with E-state index in [-0.39, 0.29) is 5.82 Å². The van der Waals surface area contributed by atoms with Crippen LogP contribution >= 0.6 is 11.8 Å². The third kappa shape index (κ3) is 3.22. The second kappa shape index (κ2) is 5.54. The molecular weight excluding hydrogens is 235 g/mol. The molecule has 0 radical (unpaired) electrons. The Labute approximate surface area is 106 Å². The molecule has 1 aromatic carbocycles. The lowest BCUT2D eigenvalue weighted by Gasteiger charge is -2.09. The molecule has 0 fully saturated rings. The lowest BCUT2D eigenvalue weighted by molar-refractivity contribution is 0.631. The first kappa shape index (κ1) is 12.4. The van der Waals surface area contributed by atoms with Gasteiger partial charge in [-0.15, -0.1) is 0 Å². The van der Waals surface area contributed by atoms with E-state index in [4.69, 9.17) is 0 Å². The Kier molecular flexibility index (Phi) is 4.05. The highest BCUT2D eigenvalue weighted by molar-refractivity contribution is 8.15. The molecule has 0 spiro atoms. The minimum absolute atomic E-state index is 0.216. The second-order valence-corrected chi connectivity index (χ2v) is 5.57. The Hall–Kier alpha value is -1.03. The van der Waals surface area contributed by atoms with Crippen molar-refractivity contribution in [2.24, 2.45) is 4.99 Å². The Balaban J connectivity index is 1.98. The van der Waals surface area contributed by atoms with Crippen molar-refractivity contribution < 1.29 is 4.39 Å². The fraction of sp³-hybridized carbons (Fsp3) is 0.462. The fourth-order valence-corrected chi connectivity index (χ4v) is 2.93. The van der Waals surface area contributed by atoms with Crippen molar-refractivity contribution in [2.75, 3.05) is 11.9 Å². The molecule has 2 rings (SSSR count). The molecule has 4 heteroatoms. The first-order valence-corrected chi connectivity index (χ1v) is 6.81. The second-order valence-electron chi connectivity index (χ2n) is 4.28. The molecule has 0 aromatic heterocycles. The summed E-state index contributed by atoms with van der Waals surface area (Å²) in [6, 6.07) is 5.20. The van der Waals surface area contributed by atoms with Crippen molar-refractivity contribution in [1.29, 1.82) is 0 Å². The smallest absolute Gasteiger partial charge is 0.161 e. The molecule has 17 heavy (non-hydrogen) atoms. The van der Waals surface area contributed by atoms with Crippen LogP contribution < -0.4 is 5.32 Å². The van der Waals surface area contributed by atoms with Crippen molar-refractivity contribution in [1.82, 2.24) is 0 Å². The van der Waals surface area contributed by atoms with Gasteiger partial charge in [0, 0.05) is 5.25 Å². The number of hydrogen-bond acceptors (Lipinski definition) is 3. The number of nitrogens with one attached hydrogen (secondary N) is 1. The zero-order valence-corrected chi connectivity index (χ0v) is 11.0. The van der Waals surface area contributed by atoms with Crippen LogP contribution in [0.5, 0.6) is 0 Å². The molecule has 1 aliphatic rings. The van der Waals surface area contributed by atoms with E-state index < -0.39 is 0 Å². The number of benzene rings is 1. The van der Waals surface area contributed by atoms with Gasteiger partial charge in [0.2, 0.25) is 0 Å². The SMILES string of the molecule is CCCC1CN=C(Nc2ccc(C)cc2F)S1. The van der Waals surface area contributed by atoms with E-state index in [0.29, 0.717) is 10.9 Å². The zero-order chi connectivity index (χ0) is 12.3. The Bertz CT molecular complexity index is 431. The Morgan fingerprint density at radius 2 is 2.35 bits per heavy atom. The van der Waals surface area contributed by atoms with Gasteiger partial charge < -0.3 is 5.32 Å². The summed E-state index contributed by atoms with van der Waals surface area (Å²) in [7, 11) is 0. The number of rotatable bonds is 3. The van der Waals surface area contributed by atoms with Gasteiger partial charge in [-0.3, -0.25) is 4.99 Å². The molecule has 0 aliphatic carbocycles. The number of aryl methyl sites for hydroxylation is 1. The first-order chi connectivity index (χ1) is 8.19. The van der Waals surface area contributed by atoms with Crippen LogP contribution in [0.25, 0.3) is 0 Å². The largest absolute Gasteiger partial charge is 0.333 e. The van der Waals surface area contributed by atoms with Crippen LogP contribution in [0, 0.1) is 12.7 Å². The van der Waals surface area contributed by atoms with Gasteiger partial charge in [-0.25, -0.2) is 4.39 Å². The van der Waals surface area contributed by atoms with Crippen molar-refractivity contribution in [3.05, 3.63) is 29.6 Å². The van der Waals surface area contributed by atoms with Crippen LogP contribution in [0.1, 0.15) is 25.3 Å². The summed E-state index contributed by atoms with van der Waals surface area (Å²) in [5.41, 5.74) is 1.44. The van der Waals surface area contributed by atoms with Gasteiger partial charge in [0.25, 0.3) is 0 Å². The number of hydrogen-bond donors (Lipinski definition) is 1. The van der Waals surface area contributed by atoms with Crippen LogP contribution in [-0.4, -0.2) is 17.0 Å². The highest BCUT2D eigenvalue weighted by atomic mass is 32.2. The van der Waals surface area contributed by atoms with E-state index in [2.05, 4.69) is 17.2 Å². The van der Waals surface area contributed by atoms with E-state index >= 15 is 0 Å². The van der Waals surface area contributed by atoms with Crippen molar-refractivity contribution in [3.8, 4) is 0 Å². The maximum atomic E-state index is 13.6. The predicted molar refractivity (Wildman–Crippen MR) is 73.3 cm³/mol. The van der Waals surface area contributed by atoms with Crippen LogP contribution in [0.15, 0.2) is 23.2 Å². The normalized spacial score (nSPS) is 19.2. The quantitative estimate of drug-likeness (QED) is 0.884. The van der Waals surface area contributed by atoms with E-state index in [1.807, 2.05) is 13.0 Å². The van der Waals surface area contributed by atoms with Gasteiger partial charge in [-0.05, 0) is 31.0 Å². The van der Waals surface area contributed by atoms with Crippen LogP contribution in [0.2, 0.25) is 0 Å². The standard InChI is InChI=1S/C13H17FN2S/c1-3-4-10-8-15-13(17-10)16-12-6-5-9(2)7-11(12)14/h5-7,10H,3-4,8H2,1-2H3,(H,15,16). The number of aliphatic imine (C=N–C) groups is 1. The summed E-state index contributed by atoms with van der Waals surface area (Å²) >= 11 is 1.72. The van der Waals surface area contributed by atoms with Gasteiger partial charge in [-0.2, -0.15) is 0 Å². The molecule has 1 heterocycles. The summed E-state index contributed by atoms with van der Waals surface area (Å²) < 4.78 is 13.6.